The van der Waals surface area contributed by atoms with Crippen LogP contribution in [0.25, 0.3) is 0 Å². The number of rotatable bonds is 5. The summed E-state index contributed by atoms with van der Waals surface area (Å²) >= 11 is 6.06. The Morgan fingerprint density at radius 2 is 1.86 bits per heavy atom. The first-order chi connectivity index (χ1) is 13.6. The third-order valence-corrected chi connectivity index (χ3v) is 4.89. The fourth-order valence-electron chi connectivity index (χ4n) is 3.05. The molecule has 0 saturated carbocycles. The molecule has 0 spiro atoms. The summed E-state index contributed by atoms with van der Waals surface area (Å²) in [5.74, 6) is -0.549. The molecule has 3 rings (SSSR count). The van der Waals surface area contributed by atoms with Crippen LogP contribution in [0.4, 0.5) is 22.7 Å². The highest BCUT2D eigenvalue weighted by molar-refractivity contribution is 6.34. The lowest BCUT2D eigenvalue weighted by molar-refractivity contribution is -0.112. The zero-order valence-electron chi connectivity index (χ0n) is 15.4. The molecule has 0 bridgehead atoms. The van der Waals surface area contributed by atoms with Gasteiger partial charge in [0.05, 0.1) is 10.7 Å². The minimum absolute atomic E-state index is 0.0620. The summed E-state index contributed by atoms with van der Waals surface area (Å²) in [6.07, 6.45) is 5.13. The molecule has 2 aromatic rings. The van der Waals surface area contributed by atoms with Gasteiger partial charge >= 0.3 is 0 Å². The van der Waals surface area contributed by atoms with Crippen LogP contribution in [0, 0.1) is 11.3 Å². The molecule has 0 atom stereocenters. The van der Waals surface area contributed by atoms with E-state index in [1.54, 1.807) is 12.1 Å². The van der Waals surface area contributed by atoms with Crippen LogP contribution in [-0.4, -0.2) is 19.0 Å². The van der Waals surface area contributed by atoms with Crippen molar-refractivity contribution in [3.8, 4) is 6.07 Å². The topological polar surface area (TPSA) is 94.2 Å². The molecule has 7 heteroatoms. The molecule has 4 N–H and O–H groups in total. The van der Waals surface area contributed by atoms with Crippen LogP contribution in [0.2, 0.25) is 5.02 Å². The molecule has 1 aliphatic rings. The summed E-state index contributed by atoms with van der Waals surface area (Å²) in [5.41, 5.74) is 8.45. The largest absolute Gasteiger partial charge is 0.399 e. The number of hydrogen-bond acceptors (Lipinski definition) is 5. The Kier molecular flexibility index (Phi) is 6.41. The van der Waals surface area contributed by atoms with E-state index in [4.69, 9.17) is 17.3 Å². The number of nitrogens with zero attached hydrogens (tertiary/aromatic N) is 2. The van der Waals surface area contributed by atoms with Gasteiger partial charge in [-0.2, -0.15) is 5.26 Å². The third kappa shape index (κ3) is 4.96. The number of nitrogens with two attached hydrogens (primary N) is 1. The van der Waals surface area contributed by atoms with Crippen molar-refractivity contribution in [3.05, 3.63) is 59.3 Å². The quantitative estimate of drug-likeness (QED) is 0.397. The van der Waals surface area contributed by atoms with Gasteiger partial charge in [-0.15, -0.1) is 0 Å². The Morgan fingerprint density at radius 1 is 1.14 bits per heavy atom. The van der Waals surface area contributed by atoms with Crippen LogP contribution in [0.3, 0.4) is 0 Å². The van der Waals surface area contributed by atoms with Gasteiger partial charge in [-0.25, -0.2) is 0 Å². The first-order valence-electron chi connectivity index (χ1n) is 9.15. The zero-order chi connectivity index (χ0) is 19.9. The van der Waals surface area contributed by atoms with E-state index in [2.05, 4.69) is 15.5 Å². The summed E-state index contributed by atoms with van der Waals surface area (Å²) in [7, 11) is 0. The maximum absolute atomic E-state index is 12.3. The van der Waals surface area contributed by atoms with E-state index < -0.39 is 5.91 Å². The first kappa shape index (κ1) is 19.6. The molecule has 1 fully saturated rings. The minimum atomic E-state index is -0.549. The Hall–Kier alpha value is -3.17. The van der Waals surface area contributed by atoms with E-state index in [1.165, 1.54) is 37.2 Å². The number of carbonyl (C=O) groups is 1. The van der Waals surface area contributed by atoms with Gasteiger partial charge in [0.2, 0.25) is 0 Å². The Balaban J connectivity index is 1.64. The van der Waals surface area contributed by atoms with E-state index in [9.17, 15) is 10.1 Å². The predicted octanol–water partition coefficient (Wildman–Crippen LogP) is 4.37. The van der Waals surface area contributed by atoms with Crippen LogP contribution in [0.5, 0.6) is 0 Å². The molecule has 1 amide bonds. The lowest BCUT2D eigenvalue weighted by atomic mass is 10.1. The second-order valence-corrected chi connectivity index (χ2v) is 7.01. The van der Waals surface area contributed by atoms with E-state index >= 15 is 0 Å². The van der Waals surface area contributed by atoms with Crippen LogP contribution in [0.1, 0.15) is 19.3 Å². The average molecular weight is 396 g/mol. The number of anilines is 4. The van der Waals surface area contributed by atoms with Gasteiger partial charge in [-0.3, -0.25) is 4.79 Å². The number of carbonyl (C=O) groups excluding carboxylic acids is 1. The van der Waals surface area contributed by atoms with Crippen LogP contribution < -0.4 is 21.3 Å². The highest BCUT2D eigenvalue weighted by Crippen LogP contribution is 2.25. The van der Waals surface area contributed by atoms with Gasteiger partial charge in [0.1, 0.15) is 11.6 Å². The van der Waals surface area contributed by atoms with Gasteiger partial charge in [0, 0.05) is 36.4 Å². The standard InChI is InChI=1S/C21H22ClN5O/c22-19-12-16(24)4-9-20(19)26-21(28)15(13-23)14-25-17-5-7-18(8-6-17)27-10-2-1-3-11-27/h4-9,12,14,25H,1-3,10-11,24H2,(H,26,28)/b15-14-. The SMILES string of the molecule is N#C/C(=C/Nc1ccc(N2CCCCC2)cc1)C(=O)Nc1ccc(N)cc1Cl. The lowest BCUT2D eigenvalue weighted by Gasteiger charge is -2.28. The Bertz CT molecular complexity index is 911. The summed E-state index contributed by atoms with van der Waals surface area (Å²) in [5, 5.41) is 15.2. The van der Waals surface area contributed by atoms with Gasteiger partial charge in [-0.05, 0) is 61.7 Å². The summed E-state index contributed by atoms with van der Waals surface area (Å²) in [6.45, 7) is 2.16. The molecule has 0 aromatic heterocycles. The zero-order valence-corrected chi connectivity index (χ0v) is 16.2. The van der Waals surface area contributed by atoms with Gasteiger partial charge in [-0.1, -0.05) is 11.6 Å². The molecule has 0 aliphatic carbocycles. The molecule has 6 nitrogen and oxygen atoms in total. The van der Waals surface area contributed by atoms with E-state index in [0.29, 0.717) is 16.4 Å². The van der Waals surface area contributed by atoms with Gasteiger partial charge < -0.3 is 21.3 Å². The Labute approximate surface area is 169 Å². The summed E-state index contributed by atoms with van der Waals surface area (Å²) in [6, 6.07) is 14.6. The number of halogens is 1. The fourth-order valence-corrected chi connectivity index (χ4v) is 3.28. The van der Waals surface area contributed by atoms with E-state index in [1.807, 2.05) is 30.3 Å². The molecule has 1 heterocycles. The number of hydrogen-bond donors (Lipinski definition) is 3. The first-order valence-corrected chi connectivity index (χ1v) is 9.53. The molecule has 28 heavy (non-hydrogen) atoms. The fraction of sp³-hybridized carbons (Fsp3) is 0.238. The average Bonchev–Trinajstić information content (AvgIpc) is 2.72. The smallest absolute Gasteiger partial charge is 0.267 e. The molecule has 0 unspecified atom stereocenters. The molecule has 1 saturated heterocycles. The maximum Gasteiger partial charge on any atom is 0.267 e. The van der Waals surface area contributed by atoms with Crippen LogP contribution >= 0.6 is 11.6 Å². The Morgan fingerprint density at radius 3 is 2.50 bits per heavy atom. The highest BCUT2D eigenvalue weighted by atomic mass is 35.5. The predicted molar refractivity (Wildman–Crippen MR) is 114 cm³/mol. The summed E-state index contributed by atoms with van der Waals surface area (Å²) in [4.78, 5) is 14.7. The third-order valence-electron chi connectivity index (χ3n) is 4.58. The molecule has 2 aromatic carbocycles. The normalized spacial score (nSPS) is 14.3. The van der Waals surface area contributed by atoms with E-state index in [0.717, 1.165) is 18.8 Å². The maximum atomic E-state index is 12.3. The van der Waals surface area contributed by atoms with Crippen molar-refractivity contribution in [2.75, 3.05) is 34.4 Å². The number of benzene rings is 2. The second kappa shape index (κ2) is 9.16. The van der Waals surface area contributed by atoms with E-state index in [-0.39, 0.29) is 5.57 Å². The summed E-state index contributed by atoms with van der Waals surface area (Å²) < 4.78 is 0. The van der Waals surface area contributed by atoms with Crippen LogP contribution in [-0.2, 0) is 4.79 Å². The van der Waals surface area contributed by atoms with Crippen molar-refractivity contribution >= 4 is 40.3 Å². The molecule has 1 aliphatic heterocycles. The lowest BCUT2D eigenvalue weighted by Crippen LogP contribution is -2.29. The van der Waals surface area contributed by atoms with Crippen molar-refractivity contribution in [2.24, 2.45) is 0 Å². The molecular formula is C21H22ClN5O. The highest BCUT2D eigenvalue weighted by Gasteiger charge is 2.12. The number of piperidine rings is 1. The van der Waals surface area contributed by atoms with Crippen molar-refractivity contribution < 1.29 is 4.79 Å². The monoisotopic (exact) mass is 395 g/mol. The molecule has 144 valence electrons. The van der Waals surface area contributed by atoms with Crippen molar-refractivity contribution in [1.29, 1.82) is 5.26 Å². The number of nitrogens with one attached hydrogen (secondary N) is 2. The van der Waals surface area contributed by atoms with Crippen molar-refractivity contribution in [2.45, 2.75) is 19.3 Å². The number of nitriles is 1. The van der Waals surface area contributed by atoms with Crippen molar-refractivity contribution in [3.63, 3.8) is 0 Å². The molecular weight excluding hydrogens is 374 g/mol. The number of amides is 1. The minimum Gasteiger partial charge on any atom is -0.399 e. The molecule has 0 radical (unpaired) electrons. The van der Waals surface area contributed by atoms with Gasteiger partial charge in [0.15, 0.2) is 0 Å². The second-order valence-electron chi connectivity index (χ2n) is 6.60. The van der Waals surface area contributed by atoms with Gasteiger partial charge in [0.25, 0.3) is 5.91 Å². The van der Waals surface area contributed by atoms with Crippen molar-refractivity contribution in [1.82, 2.24) is 0 Å². The van der Waals surface area contributed by atoms with Crippen LogP contribution in [0.15, 0.2) is 54.2 Å². The number of nitrogen functional groups attached to an aromatic ring is 1.